The highest BCUT2D eigenvalue weighted by Gasteiger charge is 2.26. The van der Waals surface area contributed by atoms with Gasteiger partial charge < -0.3 is 21.1 Å². The Morgan fingerprint density at radius 2 is 1.93 bits per heavy atom. The molecule has 5 N–H and O–H groups in total. The van der Waals surface area contributed by atoms with Gasteiger partial charge in [0.05, 0.1) is 0 Å². The first-order valence-electron chi connectivity index (χ1n) is 8.93. The summed E-state index contributed by atoms with van der Waals surface area (Å²) < 4.78 is 0. The molecule has 146 valence electrons. The second-order valence-electron chi connectivity index (χ2n) is 6.69. The molecule has 1 amide bonds. The van der Waals surface area contributed by atoms with E-state index in [2.05, 4.69) is 10.3 Å². The zero-order valence-corrected chi connectivity index (χ0v) is 16.5. The average molecular weight is 398 g/mol. The highest BCUT2D eigenvalue weighted by molar-refractivity contribution is 7.99. The first-order chi connectivity index (χ1) is 13.4. The molecule has 0 aliphatic carbocycles. The van der Waals surface area contributed by atoms with Crippen molar-refractivity contribution in [1.82, 2.24) is 10.3 Å². The quantitative estimate of drug-likeness (QED) is 0.454. The lowest BCUT2D eigenvalue weighted by atomic mass is 10.0. The van der Waals surface area contributed by atoms with E-state index in [4.69, 9.17) is 5.73 Å². The monoisotopic (exact) mass is 397 g/mol. The van der Waals surface area contributed by atoms with Crippen LogP contribution in [0.25, 0.3) is 22.0 Å². The molecule has 0 saturated heterocycles. The predicted molar refractivity (Wildman–Crippen MR) is 115 cm³/mol. The molecule has 6 nitrogen and oxygen atoms in total. The van der Waals surface area contributed by atoms with Crippen molar-refractivity contribution < 1.29 is 14.7 Å². The van der Waals surface area contributed by atoms with Gasteiger partial charge in [-0.05, 0) is 36.4 Å². The molecule has 28 heavy (non-hydrogen) atoms. The maximum absolute atomic E-state index is 13.0. The molecule has 3 aromatic rings. The maximum atomic E-state index is 13.0. The molecular formula is C21H23N3O3S. The number of hydrogen-bond acceptors (Lipinski definition) is 4. The van der Waals surface area contributed by atoms with Crippen LogP contribution >= 0.6 is 11.8 Å². The van der Waals surface area contributed by atoms with Crippen LogP contribution in [0.15, 0.2) is 48.5 Å². The predicted octanol–water partition coefficient (Wildman–Crippen LogP) is 3.74. The number of thioether (sulfide) groups is 1. The number of nitrogens with one attached hydrogen (secondary N) is 2. The number of H-pyrrole nitrogens is 1. The Balaban J connectivity index is 2.04. The zero-order chi connectivity index (χ0) is 20.3. The minimum Gasteiger partial charge on any atom is -0.480 e. The van der Waals surface area contributed by atoms with Crippen LogP contribution < -0.4 is 11.1 Å². The molecule has 0 aliphatic rings. The lowest BCUT2D eigenvalue weighted by Gasteiger charge is -2.17. The fourth-order valence-corrected chi connectivity index (χ4v) is 3.55. The number of aliphatic carboxylic acids is 1. The molecule has 2 aromatic carbocycles. The molecule has 1 aromatic heterocycles. The summed E-state index contributed by atoms with van der Waals surface area (Å²) in [6.07, 6.45) is 2.26. The number of rotatable bonds is 7. The van der Waals surface area contributed by atoms with Gasteiger partial charge in [-0.3, -0.25) is 4.79 Å². The van der Waals surface area contributed by atoms with Gasteiger partial charge in [0.15, 0.2) is 0 Å². The van der Waals surface area contributed by atoms with Crippen molar-refractivity contribution in [3.8, 4) is 11.1 Å². The Labute approximate surface area is 167 Å². The number of carbonyl (C=O) groups excluding carboxylic acids is 1. The van der Waals surface area contributed by atoms with E-state index in [1.54, 1.807) is 17.8 Å². The normalized spacial score (nSPS) is 13.2. The first-order valence-corrected chi connectivity index (χ1v) is 10.2. The third-order valence-electron chi connectivity index (χ3n) is 4.69. The van der Waals surface area contributed by atoms with Crippen LogP contribution in [0.1, 0.15) is 23.8 Å². The maximum Gasteiger partial charge on any atom is 0.326 e. The summed E-state index contributed by atoms with van der Waals surface area (Å²) in [7, 11) is 0. The Hall–Kier alpha value is -2.93. The van der Waals surface area contributed by atoms with Gasteiger partial charge in [0, 0.05) is 27.4 Å². The first kappa shape index (κ1) is 19.8. The molecule has 0 bridgehead atoms. The lowest BCUT2D eigenvalue weighted by Crippen LogP contribution is -2.42. The minimum absolute atomic E-state index is 0.109. The van der Waals surface area contributed by atoms with Gasteiger partial charge in [0.2, 0.25) is 0 Å². The Morgan fingerprint density at radius 1 is 1.21 bits per heavy atom. The second-order valence-corrected chi connectivity index (χ2v) is 7.97. The van der Waals surface area contributed by atoms with Crippen LogP contribution in [0.2, 0.25) is 0 Å². The van der Waals surface area contributed by atoms with Gasteiger partial charge in [-0.2, -0.15) is 11.8 Å². The van der Waals surface area contributed by atoms with Gasteiger partial charge in [-0.1, -0.05) is 37.3 Å². The summed E-state index contributed by atoms with van der Waals surface area (Å²) in [5.41, 5.74) is 9.20. The summed E-state index contributed by atoms with van der Waals surface area (Å²) in [4.78, 5) is 27.8. The summed E-state index contributed by atoms with van der Waals surface area (Å²) >= 11 is 1.56. The highest BCUT2D eigenvalue weighted by atomic mass is 32.2. The second kappa shape index (κ2) is 8.39. The third kappa shape index (κ3) is 4.14. The number of carboxylic acids is 1. The van der Waals surface area contributed by atoms with E-state index in [0.717, 1.165) is 16.5 Å². The Kier molecular flexibility index (Phi) is 5.94. The fraction of sp³-hybridized carbons (Fsp3) is 0.238. The average Bonchev–Trinajstić information content (AvgIpc) is 3.06. The third-order valence-corrected chi connectivity index (χ3v) is 5.68. The standard InChI is InChI=1S/C21H23N3O3S/c1-12(28-2)10-17(21(26)27)24-20(25)19-18(13-6-4-3-5-7-13)15-11-14(22)8-9-16(15)23-19/h3-9,11-12,17,23H,10,22H2,1-2H3,(H,24,25)(H,26,27)/t12?,17-/m0/s1. The lowest BCUT2D eigenvalue weighted by molar-refractivity contribution is -0.139. The van der Waals surface area contributed by atoms with Crippen LogP contribution in [0, 0.1) is 0 Å². The molecule has 0 radical (unpaired) electrons. The van der Waals surface area contributed by atoms with E-state index < -0.39 is 17.9 Å². The largest absolute Gasteiger partial charge is 0.480 e. The molecule has 1 unspecified atom stereocenters. The molecule has 0 spiro atoms. The van der Waals surface area contributed by atoms with Gasteiger partial charge in [-0.15, -0.1) is 0 Å². The van der Waals surface area contributed by atoms with Crippen molar-refractivity contribution in [2.24, 2.45) is 0 Å². The Morgan fingerprint density at radius 3 is 2.57 bits per heavy atom. The van der Waals surface area contributed by atoms with Gasteiger partial charge in [0.1, 0.15) is 11.7 Å². The van der Waals surface area contributed by atoms with E-state index in [1.807, 2.05) is 55.6 Å². The van der Waals surface area contributed by atoms with Gasteiger partial charge in [-0.25, -0.2) is 4.79 Å². The van der Waals surface area contributed by atoms with Crippen molar-refractivity contribution in [3.05, 3.63) is 54.2 Å². The molecule has 3 rings (SSSR count). The molecule has 7 heteroatoms. The topological polar surface area (TPSA) is 108 Å². The smallest absolute Gasteiger partial charge is 0.326 e. The number of aromatic nitrogens is 1. The zero-order valence-electron chi connectivity index (χ0n) is 15.7. The minimum atomic E-state index is -1.05. The number of carbonyl (C=O) groups is 2. The molecule has 1 heterocycles. The number of anilines is 1. The van der Waals surface area contributed by atoms with Crippen LogP contribution in [-0.4, -0.2) is 39.5 Å². The number of nitrogen functional groups attached to an aromatic ring is 1. The highest BCUT2D eigenvalue weighted by Crippen LogP contribution is 2.33. The number of aromatic amines is 1. The molecule has 0 saturated carbocycles. The van der Waals surface area contributed by atoms with E-state index in [1.165, 1.54) is 0 Å². The molecule has 0 aliphatic heterocycles. The van der Waals surface area contributed by atoms with Crippen LogP contribution in [-0.2, 0) is 4.79 Å². The molecule has 2 atom stereocenters. The number of amides is 1. The fourth-order valence-electron chi connectivity index (χ4n) is 3.16. The summed E-state index contributed by atoms with van der Waals surface area (Å²) in [6, 6.07) is 13.9. The summed E-state index contributed by atoms with van der Waals surface area (Å²) in [5.74, 6) is -1.50. The van der Waals surface area contributed by atoms with Crippen LogP contribution in [0.4, 0.5) is 5.69 Å². The number of carboxylic acid groups (broad SMARTS) is 1. The van der Waals surface area contributed by atoms with Gasteiger partial charge in [0.25, 0.3) is 5.91 Å². The van der Waals surface area contributed by atoms with E-state index in [-0.39, 0.29) is 5.25 Å². The number of hydrogen-bond donors (Lipinski definition) is 4. The van der Waals surface area contributed by atoms with Crippen molar-refractivity contribution in [1.29, 1.82) is 0 Å². The molecule has 0 fully saturated rings. The number of benzene rings is 2. The van der Waals surface area contributed by atoms with E-state index in [0.29, 0.717) is 23.4 Å². The van der Waals surface area contributed by atoms with Crippen molar-refractivity contribution >= 4 is 40.2 Å². The van der Waals surface area contributed by atoms with Crippen molar-refractivity contribution in [3.63, 3.8) is 0 Å². The summed E-state index contributed by atoms with van der Waals surface area (Å²) in [6.45, 7) is 1.94. The van der Waals surface area contributed by atoms with Crippen LogP contribution in [0.3, 0.4) is 0 Å². The van der Waals surface area contributed by atoms with Gasteiger partial charge >= 0.3 is 5.97 Å². The summed E-state index contributed by atoms with van der Waals surface area (Å²) in [5, 5.41) is 13.1. The Bertz CT molecular complexity index is 1000. The number of fused-ring (bicyclic) bond motifs is 1. The van der Waals surface area contributed by atoms with Crippen molar-refractivity contribution in [2.45, 2.75) is 24.6 Å². The number of nitrogens with two attached hydrogens (primary N) is 1. The van der Waals surface area contributed by atoms with E-state index >= 15 is 0 Å². The van der Waals surface area contributed by atoms with Crippen molar-refractivity contribution in [2.75, 3.05) is 12.0 Å². The van der Waals surface area contributed by atoms with E-state index in [9.17, 15) is 14.7 Å². The molecular weight excluding hydrogens is 374 g/mol. The SMILES string of the molecule is CSC(C)C[C@H](NC(=O)c1[nH]c2ccc(N)cc2c1-c1ccccc1)C(=O)O. The van der Waals surface area contributed by atoms with Crippen LogP contribution in [0.5, 0.6) is 0 Å².